The fourth-order valence-electron chi connectivity index (χ4n) is 2.01. The second-order valence-electron chi connectivity index (χ2n) is 6.09. The van der Waals surface area contributed by atoms with Crippen molar-refractivity contribution in [2.75, 3.05) is 32.9 Å². The molecule has 1 aromatic rings. The van der Waals surface area contributed by atoms with E-state index in [1.807, 2.05) is 20.8 Å². The molecule has 0 fully saturated rings. The van der Waals surface area contributed by atoms with Crippen molar-refractivity contribution in [3.63, 3.8) is 0 Å². The van der Waals surface area contributed by atoms with Crippen LogP contribution in [0.1, 0.15) is 58.9 Å². The summed E-state index contributed by atoms with van der Waals surface area (Å²) in [5.41, 5.74) is 0. The number of nitrogens with zero attached hydrogens (tertiary/aromatic N) is 3. The lowest BCUT2D eigenvalue weighted by atomic mass is 10.2. The minimum atomic E-state index is -0.177. The van der Waals surface area contributed by atoms with E-state index in [1.165, 1.54) is 0 Å². The number of hydrogen-bond acceptors (Lipinski definition) is 6. The third kappa shape index (κ3) is 10.9. The van der Waals surface area contributed by atoms with Gasteiger partial charge in [0.1, 0.15) is 12.6 Å². The lowest BCUT2D eigenvalue weighted by molar-refractivity contribution is 0.0683. The Bertz CT molecular complexity index is 496. The lowest BCUT2D eigenvalue weighted by Gasteiger charge is -2.11. The molecule has 0 aliphatic heterocycles. The maximum Gasteiger partial charge on any atom is 0.248 e. The average Bonchev–Trinajstić information content (AvgIpc) is 3.04. The van der Waals surface area contributed by atoms with E-state index in [9.17, 15) is 0 Å². The maximum absolute atomic E-state index is 5.57. The topological polar surface area (TPSA) is 93.8 Å². The summed E-state index contributed by atoms with van der Waals surface area (Å²) in [5.74, 6) is 2.31. The van der Waals surface area contributed by atoms with Crippen LogP contribution in [0.2, 0.25) is 0 Å². The highest BCUT2D eigenvalue weighted by atomic mass is 127. The first kappa shape index (κ1) is 25.1. The first-order chi connectivity index (χ1) is 12.1. The van der Waals surface area contributed by atoms with Gasteiger partial charge >= 0.3 is 0 Å². The van der Waals surface area contributed by atoms with Crippen LogP contribution in [0.5, 0.6) is 0 Å². The zero-order chi connectivity index (χ0) is 18.5. The number of aromatic nitrogens is 2. The molecule has 0 saturated heterocycles. The minimum Gasteiger partial charge on any atom is -0.381 e. The highest BCUT2D eigenvalue weighted by molar-refractivity contribution is 14.0. The van der Waals surface area contributed by atoms with Crippen molar-refractivity contribution >= 4 is 29.9 Å². The summed E-state index contributed by atoms with van der Waals surface area (Å²) in [4.78, 5) is 8.78. The molecule has 2 N–H and O–H groups in total. The van der Waals surface area contributed by atoms with Gasteiger partial charge in [-0.1, -0.05) is 19.0 Å². The summed E-state index contributed by atoms with van der Waals surface area (Å²) in [6, 6.07) is 0. The van der Waals surface area contributed by atoms with E-state index >= 15 is 0 Å². The van der Waals surface area contributed by atoms with Gasteiger partial charge in [-0.15, -0.1) is 24.0 Å². The SMILES string of the molecule is CCNC(=NCc1nc(C(C)OCC)no1)NCCCOCC(C)C.I. The summed E-state index contributed by atoms with van der Waals surface area (Å²) in [6.07, 6.45) is 0.747. The Balaban J connectivity index is 0.00000625. The molecule has 1 aromatic heterocycles. The monoisotopic (exact) mass is 483 g/mol. The van der Waals surface area contributed by atoms with Crippen LogP contribution in [-0.2, 0) is 16.0 Å². The molecule has 0 aliphatic carbocycles. The third-order valence-corrected chi connectivity index (χ3v) is 3.19. The van der Waals surface area contributed by atoms with Gasteiger partial charge < -0.3 is 24.6 Å². The molecule has 0 spiro atoms. The molecule has 1 atom stereocenters. The van der Waals surface area contributed by atoms with Gasteiger partial charge in [-0.2, -0.15) is 4.98 Å². The van der Waals surface area contributed by atoms with Gasteiger partial charge in [0.2, 0.25) is 5.89 Å². The quantitative estimate of drug-likeness (QED) is 0.204. The molecule has 26 heavy (non-hydrogen) atoms. The van der Waals surface area contributed by atoms with Crippen LogP contribution in [0.4, 0.5) is 0 Å². The van der Waals surface area contributed by atoms with Crippen molar-refractivity contribution in [2.45, 2.75) is 53.7 Å². The molecule has 1 heterocycles. The van der Waals surface area contributed by atoms with Gasteiger partial charge in [0.25, 0.3) is 0 Å². The molecule has 9 heteroatoms. The van der Waals surface area contributed by atoms with Crippen LogP contribution in [0.15, 0.2) is 9.52 Å². The average molecular weight is 483 g/mol. The molecule has 0 amide bonds. The number of halogens is 1. The highest BCUT2D eigenvalue weighted by Crippen LogP contribution is 2.12. The smallest absolute Gasteiger partial charge is 0.248 e. The van der Waals surface area contributed by atoms with Gasteiger partial charge in [0, 0.05) is 32.9 Å². The van der Waals surface area contributed by atoms with Gasteiger partial charge in [-0.05, 0) is 33.1 Å². The Labute approximate surface area is 173 Å². The summed E-state index contributed by atoms with van der Waals surface area (Å²) in [6.45, 7) is 14.2. The van der Waals surface area contributed by atoms with Crippen LogP contribution < -0.4 is 10.6 Å². The van der Waals surface area contributed by atoms with Crippen molar-refractivity contribution in [2.24, 2.45) is 10.9 Å². The van der Waals surface area contributed by atoms with Crippen molar-refractivity contribution in [1.82, 2.24) is 20.8 Å². The first-order valence-corrected chi connectivity index (χ1v) is 9.10. The largest absolute Gasteiger partial charge is 0.381 e. The van der Waals surface area contributed by atoms with Gasteiger partial charge in [0.05, 0.1) is 0 Å². The van der Waals surface area contributed by atoms with E-state index in [0.717, 1.165) is 38.7 Å². The van der Waals surface area contributed by atoms with Crippen molar-refractivity contribution in [3.8, 4) is 0 Å². The van der Waals surface area contributed by atoms with E-state index in [-0.39, 0.29) is 30.1 Å². The van der Waals surface area contributed by atoms with Crippen LogP contribution in [-0.4, -0.2) is 49.0 Å². The number of hydrogen-bond donors (Lipinski definition) is 2. The predicted molar refractivity (Wildman–Crippen MR) is 113 cm³/mol. The zero-order valence-corrected chi connectivity index (χ0v) is 18.9. The number of ether oxygens (including phenoxy) is 2. The molecule has 8 nitrogen and oxygen atoms in total. The number of rotatable bonds is 12. The second-order valence-corrected chi connectivity index (χ2v) is 6.09. The summed E-state index contributed by atoms with van der Waals surface area (Å²) < 4.78 is 16.2. The van der Waals surface area contributed by atoms with Crippen molar-refractivity contribution in [1.29, 1.82) is 0 Å². The third-order valence-electron chi connectivity index (χ3n) is 3.19. The normalized spacial score (nSPS) is 12.8. The Morgan fingerprint density at radius 2 is 2.00 bits per heavy atom. The Morgan fingerprint density at radius 1 is 1.23 bits per heavy atom. The standard InChI is InChI=1S/C17H33N5O3.HI/c1-6-18-17(19-9-8-10-23-12-13(3)4)20-11-15-21-16(22-25-15)14(5)24-7-2;/h13-14H,6-12H2,1-5H3,(H2,18,19,20);1H. The van der Waals surface area contributed by atoms with Crippen molar-refractivity contribution < 1.29 is 14.0 Å². The van der Waals surface area contributed by atoms with Crippen LogP contribution in [0.3, 0.4) is 0 Å². The molecule has 0 bridgehead atoms. The van der Waals surface area contributed by atoms with E-state index < -0.39 is 0 Å². The summed E-state index contributed by atoms with van der Waals surface area (Å²) >= 11 is 0. The Kier molecular flexibility index (Phi) is 14.6. The fourth-order valence-corrected chi connectivity index (χ4v) is 2.01. The molecule has 152 valence electrons. The molecular formula is C17H34IN5O3. The molecule has 0 aromatic carbocycles. The van der Waals surface area contributed by atoms with Crippen LogP contribution >= 0.6 is 24.0 Å². The van der Waals surface area contributed by atoms with E-state index in [1.54, 1.807) is 0 Å². The number of nitrogens with one attached hydrogen (secondary N) is 2. The Hall–Kier alpha value is -0.940. The second kappa shape index (κ2) is 15.2. The van der Waals surface area contributed by atoms with Gasteiger partial charge in [-0.25, -0.2) is 4.99 Å². The lowest BCUT2D eigenvalue weighted by Crippen LogP contribution is -2.38. The maximum atomic E-state index is 5.57. The fraction of sp³-hybridized carbons (Fsp3) is 0.824. The summed E-state index contributed by atoms with van der Waals surface area (Å²) in [5, 5.41) is 10.4. The van der Waals surface area contributed by atoms with Crippen molar-refractivity contribution in [3.05, 3.63) is 11.7 Å². The van der Waals surface area contributed by atoms with E-state index in [4.69, 9.17) is 14.0 Å². The number of guanidine groups is 1. The highest BCUT2D eigenvalue weighted by Gasteiger charge is 2.13. The summed E-state index contributed by atoms with van der Waals surface area (Å²) in [7, 11) is 0. The molecule has 0 radical (unpaired) electrons. The minimum absolute atomic E-state index is 0. The molecule has 1 rings (SSSR count). The Morgan fingerprint density at radius 3 is 2.65 bits per heavy atom. The molecule has 0 aliphatic rings. The van der Waals surface area contributed by atoms with Gasteiger partial charge in [-0.3, -0.25) is 0 Å². The molecule has 0 saturated carbocycles. The first-order valence-electron chi connectivity index (χ1n) is 9.10. The molecular weight excluding hydrogens is 449 g/mol. The van der Waals surface area contributed by atoms with Crippen LogP contribution in [0.25, 0.3) is 0 Å². The van der Waals surface area contributed by atoms with E-state index in [2.05, 4.69) is 39.6 Å². The zero-order valence-electron chi connectivity index (χ0n) is 16.6. The predicted octanol–water partition coefficient (Wildman–Crippen LogP) is 2.90. The van der Waals surface area contributed by atoms with Gasteiger partial charge in [0.15, 0.2) is 11.8 Å². The van der Waals surface area contributed by atoms with E-state index in [0.29, 0.717) is 30.8 Å². The molecule has 1 unspecified atom stereocenters. The number of aliphatic imine (C=N–C) groups is 1. The van der Waals surface area contributed by atoms with Crippen LogP contribution in [0, 0.1) is 5.92 Å².